The standard InChI is InChI=1S/C26H36ClN3O4S/c1-6-8-15-28-26(32)23(7-2)29(17-21-11-13-22(27)14-12-21)25(31)18-30(35(5,33)34)24-16-19(3)9-10-20(24)4/h9-14,16,23H,6-8,15,17-18H2,1-5H3,(H,28,32)/t23-/m0/s1. The molecule has 0 bridgehead atoms. The molecule has 2 aromatic rings. The van der Waals surface area contributed by atoms with Gasteiger partial charge in [-0.2, -0.15) is 0 Å². The number of nitrogens with one attached hydrogen (secondary N) is 1. The van der Waals surface area contributed by atoms with Crippen LogP contribution in [0, 0.1) is 13.8 Å². The number of benzene rings is 2. The van der Waals surface area contributed by atoms with Gasteiger partial charge in [0.2, 0.25) is 21.8 Å². The van der Waals surface area contributed by atoms with Crippen LogP contribution < -0.4 is 9.62 Å². The zero-order chi connectivity index (χ0) is 26.2. The monoisotopic (exact) mass is 521 g/mol. The maximum absolute atomic E-state index is 13.7. The van der Waals surface area contributed by atoms with E-state index in [9.17, 15) is 18.0 Å². The fraction of sp³-hybridized carbons (Fsp3) is 0.462. The van der Waals surface area contributed by atoms with Crippen LogP contribution in [-0.4, -0.2) is 50.5 Å². The molecule has 0 aliphatic rings. The van der Waals surface area contributed by atoms with E-state index in [1.165, 1.54) is 4.90 Å². The summed E-state index contributed by atoms with van der Waals surface area (Å²) in [7, 11) is -3.77. The van der Waals surface area contributed by atoms with E-state index in [1.807, 2.05) is 32.9 Å². The molecular weight excluding hydrogens is 486 g/mol. The van der Waals surface area contributed by atoms with Crippen LogP contribution in [0.15, 0.2) is 42.5 Å². The third-order valence-corrected chi connectivity index (χ3v) is 7.17. The molecule has 0 saturated heterocycles. The van der Waals surface area contributed by atoms with E-state index in [-0.39, 0.29) is 12.5 Å². The highest BCUT2D eigenvalue weighted by Gasteiger charge is 2.32. The van der Waals surface area contributed by atoms with Gasteiger partial charge in [-0.3, -0.25) is 13.9 Å². The lowest BCUT2D eigenvalue weighted by atomic mass is 10.1. The second-order valence-electron chi connectivity index (χ2n) is 8.78. The zero-order valence-electron chi connectivity index (χ0n) is 21.2. The lowest BCUT2D eigenvalue weighted by molar-refractivity contribution is -0.140. The maximum Gasteiger partial charge on any atom is 0.244 e. The topological polar surface area (TPSA) is 86.8 Å². The van der Waals surface area contributed by atoms with Gasteiger partial charge in [-0.1, -0.05) is 56.1 Å². The van der Waals surface area contributed by atoms with Gasteiger partial charge in [0.05, 0.1) is 11.9 Å². The summed E-state index contributed by atoms with van der Waals surface area (Å²) in [5.74, 6) is -0.704. The lowest BCUT2D eigenvalue weighted by Gasteiger charge is -2.33. The summed E-state index contributed by atoms with van der Waals surface area (Å²) in [6, 6.07) is 11.8. The molecule has 0 radical (unpaired) electrons. The molecule has 0 saturated carbocycles. The van der Waals surface area contributed by atoms with Crippen molar-refractivity contribution >= 4 is 39.1 Å². The van der Waals surface area contributed by atoms with Gasteiger partial charge in [0.1, 0.15) is 12.6 Å². The Morgan fingerprint density at radius 3 is 2.29 bits per heavy atom. The number of amides is 2. The number of unbranched alkanes of at least 4 members (excludes halogenated alkanes) is 1. The van der Waals surface area contributed by atoms with Gasteiger partial charge in [-0.05, 0) is 61.6 Å². The molecule has 0 fully saturated rings. The zero-order valence-corrected chi connectivity index (χ0v) is 22.7. The van der Waals surface area contributed by atoms with Crippen molar-refractivity contribution in [2.75, 3.05) is 23.7 Å². The lowest BCUT2D eigenvalue weighted by Crippen LogP contribution is -2.52. The number of rotatable bonds is 12. The molecule has 2 amide bonds. The van der Waals surface area contributed by atoms with Crippen molar-refractivity contribution in [3.8, 4) is 0 Å². The van der Waals surface area contributed by atoms with Gasteiger partial charge in [0, 0.05) is 18.1 Å². The van der Waals surface area contributed by atoms with E-state index in [2.05, 4.69) is 5.32 Å². The predicted molar refractivity (Wildman–Crippen MR) is 142 cm³/mol. The Morgan fingerprint density at radius 2 is 1.71 bits per heavy atom. The van der Waals surface area contributed by atoms with Gasteiger partial charge in [0.15, 0.2) is 0 Å². The summed E-state index contributed by atoms with van der Waals surface area (Å²) >= 11 is 6.02. The van der Waals surface area contributed by atoms with Gasteiger partial charge in [-0.25, -0.2) is 8.42 Å². The minimum Gasteiger partial charge on any atom is -0.354 e. The van der Waals surface area contributed by atoms with Crippen LogP contribution in [-0.2, 0) is 26.2 Å². The average Bonchev–Trinajstić information content (AvgIpc) is 2.79. The van der Waals surface area contributed by atoms with Crippen LogP contribution >= 0.6 is 11.6 Å². The van der Waals surface area contributed by atoms with E-state index < -0.39 is 28.5 Å². The Labute approximate surface area is 214 Å². The van der Waals surface area contributed by atoms with Crippen LogP contribution in [0.4, 0.5) is 5.69 Å². The van der Waals surface area contributed by atoms with Crippen molar-refractivity contribution in [3.63, 3.8) is 0 Å². The van der Waals surface area contributed by atoms with Gasteiger partial charge < -0.3 is 10.2 Å². The molecule has 9 heteroatoms. The third-order valence-electron chi connectivity index (χ3n) is 5.79. The fourth-order valence-corrected chi connectivity index (χ4v) is 4.82. The van der Waals surface area contributed by atoms with Crippen molar-refractivity contribution in [3.05, 3.63) is 64.2 Å². The Bertz CT molecular complexity index is 1120. The number of carbonyl (C=O) groups excluding carboxylic acids is 2. The summed E-state index contributed by atoms with van der Waals surface area (Å²) in [6.45, 7) is 7.81. The van der Waals surface area contributed by atoms with Crippen LogP contribution in [0.3, 0.4) is 0 Å². The molecule has 7 nitrogen and oxygen atoms in total. The predicted octanol–water partition coefficient (Wildman–Crippen LogP) is 4.45. The molecule has 0 heterocycles. The van der Waals surface area contributed by atoms with Gasteiger partial charge in [0.25, 0.3) is 0 Å². The summed E-state index contributed by atoms with van der Waals surface area (Å²) < 4.78 is 26.6. The number of anilines is 1. The number of sulfonamides is 1. The molecule has 192 valence electrons. The Kier molecular flexibility index (Phi) is 10.6. The van der Waals surface area contributed by atoms with Crippen LogP contribution in [0.2, 0.25) is 5.02 Å². The van der Waals surface area contributed by atoms with Crippen LogP contribution in [0.5, 0.6) is 0 Å². The van der Waals surface area contributed by atoms with Crippen molar-refractivity contribution in [2.24, 2.45) is 0 Å². The minimum atomic E-state index is -3.77. The third kappa shape index (κ3) is 8.25. The molecule has 2 aromatic carbocycles. The molecule has 0 aliphatic carbocycles. The first-order valence-corrected chi connectivity index (χ1v) is 14.1. The first-order valence-electron chi connectivity index (χ1n) is 11.8. The Hall–Kier alpha value is -2.58. The molecule has 2 rings (SSSR count). The largest absolute Gasteiger partial charge is 0.354 e. The highest BCUT2D eigenvalue weighted by atomic mass is 35.5. The molecule has 0 aliphatic heterocycles. The molecule has 0 aromatic heterocycles. The van der Waals surface area contributed by atoms with Crippen molar-refractivity contribution in [2.45, 2.75) is 59.5 Å². The molecular formula is C26H36ClN3O4S. The highest BCUT2D eigenvalue weighted by molar-refractivity contribution is 7.92. The minimum absolute atomic E-state index is 0.153. The molecule has 35 heavy (non-hydrogen) atoms. The van der Waals surface area contributed by atoms with Gasteiger partial charge in [-0.15, -0.1) is 0 Å². The number of hydrogen-bond acceptors (Lipinski definition) is 4. The summed E-state index contributed by atoms with van der Waals surface area (Å²) in [4.78, 5) is 28.2. The second-order valence-corrected chi connectivity index (χ2v) is 11.1. The molecule has 0 unspecified atom stereocenters. The first-order chi connectivity index (χ1) is 16.5. The van der Waals surface area contributed by atoms with E-state index in [0.717, 1.165) is 40.1 Å². The van der Waals surface area contributed by atoms with E-state index in [0.29, 0.717) is 23.7 Å². The normalized spacial score (nSPS) is 12.2. The molecule has 1 atom stereocenters. The number of hydrogen-bond donors (Lipinski definition) is 1. The number of carbonyl (C=O) groups is 2. The fourth-order valence-electron chi connectivity index (χ4n) is 3.80. The number of nitrogens with zero attached hydrogens (tertiary/aromatic N) is 2. The molecule has 0 spiro atoms. The van der Waals surface area contributed by atoms with Crippen molar-refractivity contribution in [1.82, 2.24) is 10.2 Å². The van der Waals surface area contributed by atoms with Crippen LogP contribution in [0.25, 0.3) is 0 Å². The van der Waals surface area contributed by atoms with Gasteiger partial charge >= 0.3 is 0 Å². The molecule has 1 N–H and O–H groups in total. The van der Waals surface area contributed by atoms with Crippen molar-refractivity contribution in [1.29, 1.82) is 0 Å². The first kappa shape index (κ1) is 28.7. The number of halogens is 1. The smallest absolute Gasteiger partial charge is 0.244 e. The quantitative estimate of drug-likeness (QED) is 0.418. The van der Waals surface area contributed by atoms with Crippen molar-refractivity contribution < 1.29 is 18.0 Å². The Morgan fingerprint density at radius 1 is 1.06 bits per heavy atom. The van der Waals surface area contributed by atoms with E-state index >= 15 is 0 Å². The summed E-state index contributed by atoms with van der Waals surface area (Å²) in [5.41, 5.74) is 2.86. The maximum atomic E-state index is 13.7. The second kappa shape index (κ2) is 12.9. The van der Waals surface area contributed by atoms with E-state index in [4.69, 9.17) is 11.6 Å². The summed E-state index contributed by atoms with van der Waals surface area (Å²) in [5, 5.41) is 3.47. The summed E-state index contributed by atoms with van der Waals surface area (Å²) in [6.07, 6.45) is 3.24. The van der Waals surface area contributed by atoms with Crippen LogP contribution in [0.1, 0.15) is 49.8 Å². The Balaban J connectivity index is 2.43. The number of aryl methyl sites for hydroxylation is 2. The SMILES string of the molecule is CCCCNC(=O)[C@H](CC)N(Cc1ccc(Cl)cc1)C(=O)CN(c1cc(C)ccc1C)S(C)(=O)=O. The van der Waals surface area contributed by atoms with E-state index in [1.54, 1.807) is 37.3 Å². The highest BCUT2D eigenvalue weighted by Crippen LogP contribution is 2.25. The average molecular weight is 522 g/mol.